The number of methoxy groups -OCH3 is 2. The van der Waals surface area contributed by atoms with Gasteiger partial charge in [-0.3, -0.25) is 9.98 Å². The molecule has 0 atom stereocenters. The molecule has 0 aliphatic heterocycles. The molecule has 0 saturated heterocycles. The number of pyridine rings is 1. The standard InChI is InChI=1S/C18H21N3O2/c1-19-9-10-21(2)13-14-5-7-16(20-12-14)15-6-8-17(22-3)18(11-15)23-4/h5-12H,1,13H2,2-4H3. The number of hydrogen-bond donors (Lipinski definition) is 0. The molecule has 0 aliphatic rings. The Balaban J connectivity index is 2.16. The van der Waals surface area contributed by atoms with Crippen molar-refractivity contribution in [3.8, 4) is 22.8 Å². The lowest BCUT2D eigenvalue weighted by atomic mass is 10.1. The molecule has 0 spiro atoms. The van der Waals surface area contributed by atoms with Crippen LogP contribution in [0.25, 0.3) is 11.3 Å². The smallest absolute Gasteiger partial charge is 0.161 e. The van der Waals surface area contributed by atoms with Crippen LogP contribution in [0.15, 0.2) is 53.9 Å². The van der Waals surface area contributed by atoms with Gasteiger partial charge in [0.1, 0.15) is 0 Å². The Morgan fingerprint density at radius 3 is 2.57 bits per heavy atom. The Morgan fingerprint density at radius 2 is 1.96 bits per heavy atom. The van der Waals surface area contributed by atoms with E-state index < -0.39 is 0 Å². The largest absolute Gasteiger partial charge is 0.493 e. The minimum atomic E-state index is 0.692. The van der Waals surface area contributed by atoms with Crippen molar-refractivity contribution in [2.24, 2.45) is 4.99 Å². The zero-order valence-electron chi connectivity index (χ0n) is 13.7. The van der Waals surface area contributed by atoms with Crippen molar-refractivity contribution in [1.82, 2.24) is 9.88 Å². The monoisotopic (exact) mass is 311 g/mol. The molecule has 5 heteroatoms. The van der Waals surface area contributed by atoms with Crippen LogP contribution >= 0.6 is 0 Å². The summed E-state index contributed by atoms with van der Waals surface area (Å²) in [5, 5.41) is 0. The maximum absolute atomic E-state index is 5.33. The van der Waals surface area contributed by atoms with Gasteiger partial charge in [0.15, 0.2) is 11.5 Å². The van der Waals surface area contributed by atoms with Crippen molar-refractivity contribution in [2.45, 2.75) is 6.54 Å². The van der Waals surface area contributed by atoms with Crippen LogP contribution in [-0.2, 0) is 6.54 Å². The number of aliphatic imine (C=N–C) groups is 1. The molecule has 23 heavy (non-hydrogen) atoms. The first kappa shape index (κ1) is 16.5. The zero-order valence-corrected chi connectivity index (χ0v) is 13.7. The molecule has 2 rings (SSSR count). The second kappa shape index (κ2) is 7.98. The van der Waals surface area contributed by atoms with Gasteiger partial charge in [0.2, 0.25) is 0 Å². The maximum atomic E-state index is 5.33. The predicted molar refractivity (Wildman–Crippen MR) is 92.9 cm³/mol. The van der Waals surface area contributed by atoms with Gasteiger partial charge in [-0.25, -0.2) is 0 Å². The third kappa shape index (κ3) is 4.32. The van der Waals surface area contributed by atoms with E-state index in [2.05, 4.69) is 22.8 Å². The second-order valence-electron chi connectivity index (χ2n) is 5.02. The Labute approximate surface area is 136 Å². The summed E-state index contributed by atoms with van der Waals surface area (Å²) in [7, 11) is 5.22. The van der Waals surface area contributed by atoms with Gasteiger partial charge in [0, 0.05) is 37.8 Å². The highest BCUT2D eigenvalue weighted by Crippen LogP contribution is 2.31. The number of hydrogen-bond acceptors (Lipinski definition) is 5. The predicted octanol–water partition coefficient (Wildman–Crippen LogP) is 3.37. The number of nitrogens with zero attached hydrogens (tertiary/aromatic N) is 3. The topological polar surface area (TPSA) is 47.0 Å². The molecule has 1 aromatic carbocycles. The number of rotatable bonds is 7. The van der Waals surface area contributed by atoms with E-state index in [4.69, 9.17) is 9.47 Å². The van der Waals surface area contributed by atoms with Gasteiger partial charge in [-0.15, -0.1) is 0 Å². The molecule has 0 saturated carbocycles. The second-order valence-corrected chi connectivity index (χ2v) is 5.02. The normalized spacial score (nSPS) is 10.6. The molecule has 0 N–H and O–H groups in total. The van der Waals surface area contributed by atoms with E-state index in [1.165, 1.54) is 0 Å². The lowest BCUT2D eigenvalue weighted by molar-refractivity contribution is 0.355. The van der Waals surface area contributed by atoms with Crippen molar-refractivity contribution < 1.29 is 9.47 Å². The van der Waals surface area contributed by atoms with Gasteiger partial charge in [0.05, 0.1) is 19.9 Å². The fraction of sp³-hybridized carbons (Fsp3) is 0.222. The van der Waals surface area contributed by atoms with E-state index >= 15 is 0 Å². The molecular formula is C18H21N3O2. The molecule has 1 aromatic heterocycles. The molecule has 0 amide bonds. The van der Waals surface area contributed by atoms with E-state index in [9.17, 15) is 0 Å². The van der Waals surface area contributed by atoms with Gasteiger partial charge in [-0.1, -0.05) is 6.07 Å². The van der Waals surface area contributed by atoms with E-state index in [0.29, 0.717) is 11.5 Å². The molecule has 0 radical (unpaired) electrons. The molecular weight excluding hydrogens is 290 g/mol. The molecule has 5 nitrogen and oxygen atoms in total. The first-order chi connectivity index (χ1) is 11.2. The lowest BCUT2D eigenvalue weighted by Crippen LogP contribution is -2.09. The summed E-state index contributed by atoms with van der Waals surface area (Å²) in [6, 6.07) is 9.83. The Morgan fingerprint density at radius 1 is 1.17 bits per heavy atom. The number of ether oxygens (including phenoxy) is 2. The van der Waals surface area contributed by atoms with Crippen LogP contribution in [-0.4, -0.2) is 37.9 Å². The van der Waals surface area contributed by atoms with Crippen LogP contribution in [0.3, 0.4) is 0 Å². The van der Waals surface area contributed by atoms with Crippen LogP contribution in [0.5, 0.6) is 11.5 Å². The highest BCUT2D eigenvalue weighted by molar-refractivity contribution is 5.64. The van der Waals surface area contributed by atoms with Crippen molar-refractivity contribution in [3.63, 3.8) is 0 Å². The maximum Gasteiger partial charge on any atom is 0.161 e. The van der Waals surface area contributed by atoms with Crippen LogP contribution in [0.2, 0.25) is 0 Å². The van der Waals surface area contributed by atoms with Crippen LogP contribution < -0.4 is 9.47 Å². The Kier molecular flexibility index (Phi) is 5.74. The average molecular weight is 311 g/mol. The van der Waals surface area contributed by atoms with E-state index in [1.807, 2.05) is 48.6 Å². The molecule has 0 unspecified atom stereocenters. The first-order valence-electron chi connectivity index (χ1n) is 7.18. The number of benzene rings is 1. The van der Waals surface area contributed by atoms with Gasteiger partial charge >= 0.3 is 0 Å². The molecule has 0 fully saturated rings. The summed E-state index contributed by atoms with van der Waals surface area (Å²) in [5.41, 5.74) is 2.99. The summed E-state index contributed by atoms with van der Waals surface area (Å²) >= 11 is 0. The third-order valence-corrected chi connectivity index (χ3v) is 3.36. The average Bonchev–Trinajstić information content (AvgIpc) is 2.60. The fourth-order valence-electron chi connectivity index (χ4n) is 2.19. The molecule has 0 aliphatic carbocycles. The van der Waals surface area contributed by atoms with Gasteiger partial charge in [-0.2, -0.15) is 0 Å². The van der Waals surface area contributed by atoms with Crippen molar-refractivity contribution in [3.05, 3.63) is 54.5 Å². The summed E-state index contributed by atoms with van der Waals surface area (Å²) in [6.07, 6.45) is 5.40. The molecule has 1 heterocycles. The molecule has 2 aromatic rings. The van der Waals surface area contributed by atoms with Crippen LogP contribution in [0.4, 0.5) is 0 Å². The van der Waals surface area contributed by atoms with E-state index in [0.717, 1.165) is 23.4 Å². The summed E-state index contributed by atoms with van der Waals surface area (Å²) in [6.45, 7) is 4.17. The zero-order chi connectivity index (χ0) is 16.7. The highest BCUT2D eigenvalue weighted by atomic mass is 16.5. The molecule has 120 valence electrons. The van der Waals surface area contributed by atoms with E-state index in [1.54, 1.807) is 20.4 Å². The first-order valence-corrected chi connectivity index (χ1v) is 7.18. The SMILES string of the molecule is C=NC=CN(C)Cc1ccc(-c2ccc(OC)c(OC)c2)nc1. The van der Waals surface area contributed by atoms with Gasteiger partial charge < -0.3 is 14.4 Å². The quantitative estimate of drug-likeness (QED) is 0.736. The summed E-state index contributed by atoms with van der Waals surface area (Å²) < 4.78 is 10.6. The number of aromatic nitrogens is 1. The van der Waals surface area contributed by atoms with Crippen molar-refractivity contribution in [2.75, 3.05) is 21.3 Å². The van der Waals surface area contributed by atoms with Gasteiger partial charge in [-0.05, 0) is 36.5 Å². The van der Waals surface area contributed by atoms with Gasteiger partial charge in [0.25, 0.3) is 0 Å². The highest BCUT2D eigenvalue weighted by Gasteiger charge is 2.07. The van der Waals surface area contributed by atoms with Crippen LogP contribution in [0, 0.1) is 0 Å². The lowest BCUT2D eigenvalue weighted by Gasteiger charge is -2.13. The molecule has 0 bridgehead atoms. The van der Waals surface area contributed by atoms with Crippen LogP contribution in [0.1, 0.15) is 5.56 Å². The minimum absolute atomic E-state index is 0.692. The van der Waals surface area contributed by atoms with Crippen molar-refractivity contribution in [1.29, 1.82) is 0 Å². The minimum Gasteiger partial charge on any atom is -0.493 e. The third-order valence-electron chi connectivity index (χ3n) is 3.36. The fourth-order valence-corrected chi connectivity index (χ4v) is 2.19. The summed E-state index contributed by atoms with van der Waals surface area (Å²) in [5.74, 6) is 1.40. The van der Waals surface area contributed by atoms with E-state index in [-0.39, 0.29) is 0 Å². The van der Waals surface area contributed by atoms with Crippen molar-refractivity contribution >= 4 is 6.72 Å². The Hall–Kier alpha value is -2.82. The summed E-state index contributed by atoms with van der Waals surface area (Å²) in [4.78, 5) is 10.2. The Bertz CT molecular complexity index is 681.